The molecule has 0 unspecified atom stereocenters. The Kier molecular flexibility index (Phi) is 4.58. The van der Waals surface area contributed by atoms with Crippen LogP contribution in [0.3, 0.4) is 0 Å². The molecular formula is C13H15F2NO3. The van der Waals surface area contributed by atoms with Gasteiger partial charge in [0.15, 0.2) is 0 Å². The summed E-state index contributed by atoms with van der Waals surface area (Å²) in [5.41, 5.74) is -1.30. The Morgan fingerprint density at radius 3 is 2.53 bits per heavy atom. The number of carbonyl (C=O) groups is 2. The molecule has 0 spiro atoms. The second-order valence-corrected chi connectivity index (χ2v) is 4.71. The normalized spacial score (nSPS) is 11.2. The number of rotatable bonds is 5. The van der Waals surface area contributed by atoms with Crippen LogP contribution in [0.15, 0.2) is 18.2 Å². The Hall–Kier alpha value is -1.98. The Bertz CT molecular complexity index is 501. The first-order chi connectivity index (χ1) is 8.72. The molecule has 0 saturated heterocycles. The number of carbonyl (C=O) groups excluding carboxylic acids is 1. The van der Waals surface area contributed by atoms with Crippen molar-refractivity contribution in [3.63, 3.8) is 0 Å². The van der Waals surface area contributed by atoms with Crippen LogP contribution in [-0.4, -0.2) is 22.5 Å². The standard InChI is InChI=1S/C13H15F2NO3/c1-13(2,12(18)19)16-11(17)6-3-8-7-9(14)4-5-10(8)15/h4-5,7H,3,6H2,1-2H3,(H,16,17)(H,18,19). The SMILES string of the molecule is CC(C)(NC(=O)CCc1cc(F)ccc1F)C(=O)O. The molecule has 0 heterocycles. The van der Waals surface area contributed by atoms with Crippen molar-refractivity contribution in [2.24, 2.45) is 0 Å². The van der Waals surface area contributed by atoms with Crippen LogP contribution >= 0.6 is 0 Å². The minimum absolute atomic E-state index is 0.00509. The third-order valence-corrected chi connectivity index (χ3v) is 2.62. The molecule has 6 heteroatoms. The van der Waals surface area contributed by atoms with Crippen LogP contribution in [0.2, 0.25) is 0 Å². The van der Waals surface area contributed by atoms with Gasteiger partial charge in [-0.25, -0.2) is 13.6 Å². The van der Waals surface area contributed by atoms with Gasteiger partial charge in [-0.3, -0.25) is 4.79 Å². The lowest BCUT2D eigenvalue weighted by atomic mass is 10.0. The molecular weight excluding hydrogens is 256 g/mol. The molecule has 0 saturated carbocycles. The van der Waals surface area contributed by atoms with Gasteiger partial charge in [0.2, 0.25) is 5.91 Å². The van der Waals surface area contributed by atoms with Crippen molar-refractivity contribution in [1.82, 2.24) is 5.32 Å². The van der Waals surface area contributed by atoms with Crippen molar-refractivity contribution < 1.29 is 23.5 Å². The lowest BCUT2D eigenvalue weighted by Gasteiger charge is -2.20. The van der Waals surface area contributed by atoms with Gasteiger partial charge >= 0.3 is 5.97 Å². The first-order valence-corrected chi connectivity index (χ1v) is 5.70. The highest BCUT2D eigenvalue weighted by molar-refractivity contribution is 5.86. The molecule has 4 nitrogen and oxygen atoms in total. The van der Waals surface area contributed by atoms with E-state index in [0.29, 0.717) is 0 Å². The number of carboxylic acid groups (broad SMARTS) is 1. The van der Waals surface area contributed by atoms with Crippen molar-refractivity contribution in [2.75, 3.05) is 0 Å². The molecule has 0 bridgehead atoms. The fourth-order valence-corrected chi connectivity index (χ4v) is 1.45. The highest BCUT2D eigenvalue weighted by Crippen LogP contribution is 2.12. The van der Waals surface area contributed by atoms with E-state index < -0.39 is 29.0 Å². The molecule has 1 amide bonds. The van der Waals surface area contributed by atoms with Crippen LogP contribution in [0.4, 0.5) is 8.78 Å². The lowest BCUT2D eigenvalue weighted by molar-refractivity contribution is -0.146. The van der Waals surface area contributed by atoms with Crippen LogP contribution in [0.25, 0.3) is 0 Å². The van der Waals surface area contributed by atoms with E-state index in [0.717, 1.165) is 18.2 Å². The smallest absolute Gasteiger partial charge is 0.328 e. The Labute approximate surface area is 109 Å². The van der Waals surface area contributed by atoms with E-state index in [1.165, 1.54) is 13.8 Å². The number of carboxylic acids is 1. The zero-order valence-corrected chi connectivity index (χ0v) is 10.7. The molecule has 1 rings (SSSR count). The second kappa shape index (κ2) is 5.77. The number of hydrogen-bond acceptors (Lipinski definition) is 2. The Morgan fingerprint density at radius 2 is 1.95 bits per heavy atom. The van der Waals surface area contributed by atoms with Crippen molar-refractivity contribution in [3.05, 3.63) is 35.4 Å². The Balaban J connectivity index is 2.60. The number of hydrogen-bond donors (Lipinski definition) is 2. The summed E-state index contributed by atoms with van der Waals surface area (Å²) in [6.45, 7) is 2.69. The van der Waals surface area contributed by atoms with Gasteiger partial charge in [-0.15, -0.1) is 0 Å². The molecule has 2 N–H and O–H groups in total. The third-order valence-electron chi connectivity index (χ3n) is 2.62. The van der Waals surface area contributed by atoms with Gasteiger partial charge in [0.1, 0.15) is 17.2 Å². The number of nitrogens with one attached hydrogen (secondary N) is 1. The fraction of sp³-hybridized carbons (Fsp3) is 0.385. The highest BCUT2D eigenvalue weighted by Gasteiger charge is 2.28. The molecule has 0 radical (unpaired) electrons. The fourth-order valence-electron chi connectivity index (χ4n) is 1.45. The number of aryl methyl sites for hydroxylation is 1. The summed E-state index contributed by atoms with van der Waals surface area (Å²) in [6.07, 6.45) is -0.109. The second-order valence-electron chi connectivity index (χ2n) is 4.71. The van der Waals surface area contributed by atoms with Crippen LogP contribution in [0, 0.1) is 11.6 Å². The molecule has 0 aliphatic rings. The van der Waals surface area contributed by atoms with E-state index in [-0.39, 0.29) is 18.4 Å². The first-order valence-electron chi connectivity index (χ1n) is 5.70. The van der Waals surface area contributed by atoms with Gasteiger partial charge < -0.3 is 10.4 Å². The molecule has 1 aromatic carbocycles. The van der Waals surface area contributed by atoms with Crippen LogP contribution < -0.4 is 5.32 Å². The van der Waals surface area contributed by atoms with Gasteiger partial charge in [0.05, 0.1) is 0 Å². The van der Waals surface area contributed by atoms with E-state index in [4.69, 9.17) is 5.11 Å². The topological polar surface area (TPSA) is 66.4 Å². The molecule has 0 atom stereocenters. The predicted octanol–water partition coefficient (Wildman–Crippen LogP) is 1.88. The van der Waals surface area contributed by atoms with Gasteiger partial charge in [-0.2, -0.15) is 0 Å². The van der Waals surface area contributed by atoms with Crippen LogP contribution in [0.1, 0.15) is 25.8 Å². The molecule has 19 heavy (non-hydrogen) atoms. The summed E-state index contributed by atoms with van der Waals surface area (Å²) in [7, 11) is 0. The predicted molar refractivity (Wildman–Crippen MR) is 64.5 cm³/mol. The number of amides is 1. The monoisotopic (exact) mass is 271 g/mol. The minimum Gasteiger partial charge on any atom is -0.480 e. The van der Waals surface area contributed by atoms with Gasteiger partial charge in [0.25, 0.3) is 0 Å². The molecule has 0 aliphatic heterocycles. The summed E-state index contributed by atoms with van der Waals surface area (Å²) < 4.78 is 26.2. The van der Waals surface area contributed by atoms with E-state index >= 15 is 0 Å². The van der Waals surface area contributed by atoms with Crippen molar-refractivity contribution in [1.29, 1.82) is 0 Å². The summed E-state index contributed by atoms with van der Waals surface area (Å²) in [5, 5.41) is 11.1. The average Bonchev–Trinajstić information content (AvgIpc) is 2.29. The molecule has 1 aromatic rings. The molecule has 0 aliphatic carbocycles. The van der Waals surface area contributed by atoms with E-state index in [9.17, 15) is 18.4 Å². The largest absolute Gasteiger partial charge is 0.480 e. The van der Waals surface area contributed by atoms with Gasteiger partial charge in [0, 0.05) is 6.42 Å². The summed E-state index contributed by atoms with van der Waals surface area (Å²) in [6, 6.07) is 3.00. The van der Waals surface area contributed by atoms with E-state index in [2.05, 4.69) is 5.32 Å². The van der Waals surface area contributed by atoms with Crippen molar-refractivity contribution >= 4 is 11.9 Å². The van der Waals surface area contributed by atoms with Gasteiger partial charge in [-0.1, -0.05) is 0 Å². The molecule has 0 fully saturated rings. The average molecular weight is 271 g/mol. The first kappa shape index (κ1) is 15.1. The maximum Gasteiger partial charge on any atom is 0.328 e. The number of halogens is 2. The van der Waals surface area contributed by atoms with Crippen molar-refractivity contribution in [3.8, 4) is 0 Å². The minimum atomic E-state index is -1.39. The maximum absolute atomic E-state index is 13.3. The summed E-state index contributed by atoms with van der Waals surface area (Å²) >= 11 is 0. The zero-order chi connectivity index (χ0) is 14.6. The quantitative estimate of drug-likeness (QED) is 0.859. The summed E-state index contributed by atoms with van der Waals surface area (Å²) in [4.78, 5) is 22.3. The number of benzene rings is 1. The summed E-state index contributed by atoms with van der Waals surface area (Å²) in [5.74, 6) is -2.87. The van der Waals surface area contributed by atoms with Crippen LogP contribution in [-0.2, 0) is 16.0 Å². The van der Waals surface area contributed by atoms with E-state index in [1.54, 1.807) is 0 Å². The van der Waals surface area contributed by atoms with Gasteiger partial charge in [-0.05, 0) is 44.0 Å². The Morgan fingerprint density at radius 1 is 1.32 bits per heavy atom. The molecule has 104 valence electrons. The third kappa shape index (κ3) is 4.31. The van der Waals surface area contributed by atoms with Crippen LogP contribution in [0.5, 0.6) is 0 Å². The lowest BCUT2D eigenvalue weighted by Crippen LogP contribution is -2.49. The van der Waals surface area contributed by atoms with E-state index in [1.807, 2.05) is 0 Å². The molecule has 0 aromatic heterocycles. The maximum atomic E-state index is 13.3. The number of aliphatic carboxylic acids is 1. The highest BCUT2D eigenvalue weighted by atomic mass is 19.1. The van der Waals surface area contributed by atoms with Crippen molar-refractivity contribution in [2.45, 2.75) is 32.2 Å². The zero-order valence-electron chi connectivity index (χ0n) is 10.7.